The molecule has 9 nitrogen and oxygen atoms in total. The molecule has 6 atom stereocenters. The zero-order valence-corrected chi connectivity index (χ0v) is 22.8. The lowest BCUT2D eigenvalue weighted by Crippen LogP contribution is -2.48. The molecule has 0 spiro atoms. The number of hydrogen-bond donors (Lipinski definition) is 1. The van der Waals surface area contributed by atoms with E-state index in [1.807, 2.05) is 13.8 Å². The molecule has 0 radical (unpaired) electrons. The van der Waals surface area contributed by atoms with Crippen LogP contribution in [0.25, 0.3) is 0 Å². The molecule has 0 bridgehead atoms. The van der Waals surface area contributed by atoms with Gasteiger partial charge in [-0.05, 0) is 56.3 Å². The van der Waals surface area contributed by atoms with Crippen LogP contribution < -0.4 is 9.47 Å². The van der Waals surface area contributed by atoms with E-state index in [1.165, 1.54) is 0 Å². The van der Waals surface area contributed by atoms with Gasteiger partial charge in [0.05, 0.1) is 20.3 Å². The van der Waals surface area contributed by atoms with Crippen LogP contribution in [0.4, 0.5) is 0 Å². The third-order valence-corrected chi connectivity index (χ3v) is 6.43. The van der Waals surface area contributed by atoms with E-state index in [1.54, 1.807) is 73.9 Å². The molecule has 2 aromatic carbocycles. The molecule has 2 heterocycles. The number of benzene rings is 2. The Hall–Kier alpha value is -2.92. The fourth-order valence-electron chi connectivity index (χ4n) is 4.19. The summed E-state index contributed by atoms with van der Waals surface area (Å²) in [6, 6.07) is 13.9. The van der Waals surface area contributed by atoms with Gasteiger partial charge in [-0.3, -0.25) is 0 Å². The number of hydrogen-bond acceptors (Lipinski definition) is 8. The predicted molar refractivity (Wildman–Crippen MR) is 143 cm³/mol. The van der Waals surface area contributed by atoms with E-state index in [2.05, 4.69) is 6.58 Å². The first-order valence-corrected chi connectivity index (χ1v) is 12.9. The van der Waals surface area contributed by atoms with Crippen LogP contribution in [0.1, 0.15) is 25.7 Å². The molecule has 0 amide bonds. The second-order valence-corrected chi connectivity index (χ2v) is 9.93. The van der Waals surface area contributed by atoms with Gasteiger partial charge in [0.2, 0.25) is 0 Å². The summed E-state index contributed by atoms with van der Waals surface area (Å²) in [6.07, 6.45) is 0.0111. The van der Waals surface area contributed by atoms with Crippen molar-refractivity contribution in [2.75, 3.05) is 20.3 Å². The first-order valence-electron chi connectivity index (χ1n) is 12.5. The number of carboxylic acid groups (broad SMARTS) is 1. The molecule has 0 aliphatic carbocycles. The van der Waals surface area contributed by atoms with Crippen molar-refractivity contribution < 1.29 is 43.1 Å². The van der Waals surface area contributed by atoms with Gasteiger partial charge in [0.15, 0.2) is 24.3 Å². The Morgan fingerprint density at radius 2 is 1.82 bits per heavy atom. The van der Waals surface area contributed by atoms with Crippen LogP contribution in [0, 0.1) is 0 Å². The van der Waals surface area contributed by atoms with E-state index in [0.717, 1.165) is 5.56 Å². The predicted octanol–water partition coefficient (Wildman–Crippen LogP) is 4.94. The maximum absolute atomic E-state index is 12.5. The van der Waals surface area contributed by atoms with E-state index in [4.69, 9.17) is 44.8 Å². The van der Waals surface area contributed by atoms with E-state index < -0.39 is 42.5 Å². The second-order valence-electron chi connectivity index (χ2n) is 9.50. The van der Waals surface area contributed by atoms with Crippen LogP contribution in [-0.2, 0) is 28.5 Å². The number of carbonyl (C=O) groups is 1. The second kappa shape index (κ2) is 13.0. The topological polar surface area (TPSA) is 102 Å². The van der Waals surface area contributed by atoms with Crippen molar-refractivity contribution in [3.63, 3.8) is 0 Å². The smallest absolute Gasteiger partial charge is 0.337 e. The van der Waals surface area contributed by atoms with Gasteiger partial charge >= 0.3 is 5.97 Å². The Labute approximate surface area is 232 Å². The van der Waals surface area contributed by atoms with Gasteiger partial charge in [0.25, 0.3) is 0 Å². The first-order chi connectivity index (χ1) is 18.7. The minimum Gasteiger partial charge on any atom is -0.497 e. The average molecular weight is 561 g/mol. The summed E-state index contributed by atoms with van der Waals surface area (Å²) in [7, 11) is 1.56. The van der Waals surface area contributed by atoms with E-state index in [-0.39, 0.29) is 12.7 Å². The van der Waals surface area contributed by atoms with E-state index in [9.17, 15) is 9.90 Å². The number of rotatable bonds is 11. The summed E-state index contributed by atoms with van der Waals surface area (Å²) in [5, 5.41) is 10.8. The van der Waals surface area contributed by atoms with Crippen molar-refractivity contribution in [2.45, 2.75) is 56.4 Å². The van der Waals surface area contributed by atoms with Gasteiger partial charge in [0, 0.05) is 10.6 Å². The molecule has 0 aromatic heterocycles. The minimum atomic E-state index is -1.41. The van der Waals surface area contributed by atoms with Crippen LogP contribution in [0.2, 0.25) is 5.02 Å². The molecule has 2 aromatic rings. The largest absolute Gasteiger partial charge is 0.497 e. The monoisotopic (exact) mass is 560 g/mol. The molecular weight excluding hydrogens is 528 g/mol. The van der Waals surface area contributed by atoms with Crippen LogP contribution in [-0.4, -0.2) is 67.7 Å². The van der Waals surface area contributed by atoms with Gasteiger partial charge in [-0.1, -0.05) is 35.9 Å². The van der Waals surface area contributed by atoms with Crippen LogP contribution in [0.5, 0.6) is 11.5 Å². The number of halogens is 1. The van der Waals surface area contributed by atoms with Gasteiger partial charge in [-0.25, -0.2) is 4.79 Å². The Kier molecular flexibility index (Phi) is 9.66. The van der Waals surface area contributed by atoms with Crippen LogP contribution >= 0.6 is 11.6 Å². The summed E-state index contributed by atoms with van der Waals surface area (Å²) in [6.45, 7) is 7.86. The number of methoxy groups -OCH3 is 1. The quantitative estimate of drug-likeness (QED) is 0.383. The zero-order valence-electron chi connectivity index (χ0n) is 22.0. The molecule has 0 unspecified atom stereocenters. The molecule has 4 rings (SSSR count). The van der Waals surface area contributed by atoms with Crippen LogP contribution in [0.15, 0.2) is 73.3 Å². The molecule has 2 saturated heterocycles. The van der Waals surface area contributed by atoms with Crippen molar-refractivity contribution in [2.24, 2.45) is 0 Å². The lowest BCUT2D eigenvalue weighted by Gasteiger charge is -2.37. The number of ether oxygens (including phenoxy) is 7. The highest BCUT2D eigenvalue weighted by atomic mass is 35.5. The van der Waals surface area contributed by atoms with Crippen molar-refractivity contribution in [3.8, 4) is 11.5 Å². The summed E-state index contributed by atoms with van der Waals surface area (Å²) in [5.41, 5.74) is 0.768. The summed E-state index contributed by atoms with van der Waals surface area (Å²) < 4.78 is 40.7. The SMILES string of the molecule is C=C[C@@H]1O[C@H](c2ccc(Cl)cc2)OC[C@H]1O[C@@H](C(=O)O)[C@@H](/C=C/[C@H]1COC(C)(C)O1)Oc1ccc(OC)cc1. The van der Waals surface area contributed by atoms with Gasteiger partial charge in [-0.15, -0.1) is 6.58 Å². The maximum atomic E-state index is 12.5. The Balaban J connectivity index is 1.52. The first kappa shape index (κ1) is 29.1. The van der Waals surface area contributed by atoms with Gasteiger partial charge in [-0.2, -0.15) is 0 Å². The summed E-state index contributed by atoms with van der Waals surface area (Å²) >= 11 is 5.99. The summed E-state index contributed by atoms with van der Waals surface area (Å²) in [5.74, 6) is -0.883. The van der Waals surface area contributed by atoms with Crippen molar-refractivity contribution in [1.82, 2.24) is 0 Å². The average Bonchev–Trinajstić information content (AvgIpc) is 3.28. The molecule has 2 aliphatic rings. The lowest BCUT2D eigenvalue weighted by atomic mass is 10.1. The highest BCUT2D eigenvalue weighted by Crippen LogP contribution is 2.31. The van der Waals surface area contributed by atoms with Gasteiger partial charge in [0.1, 0.15) is 29.8 Å². The molecule has 39 heavy (non-hydrogen) atoms. The minimum absolute atomic E-state index is 0.0699. The molecule has 1 N–H and O–H groups in total. The normalized spacial score (nSPS) is 26.2. The molecule has 210 valence electrons. The van der Waals surface area contributed by atoms with Crippen molar-refractivity contribution in [1.29, 1.82) is 0 Å². The van der Waals surface area contributed by atoms with E-state index >= 15 is 0 Å². The molecule has 10 heteroatoms. The summed E-state index contributed by atoms with van der Waals surface area (Å²) in [4.78, 5) is 12.5. The Morgan fingerprint density at radius 1 is 1.13 bits per heavy atom. The Bertz CT molecular complexity index is 1130. The highest BCUT2D eigenvalue weighted by Gasteiger charge is 2.39. The zero-order chi connectivity index (χ0) is 28.0. The van der Waals surface area contributed by atoms with Crippen LogP contribution in [0.3, 0.4) is 0 Å². The van der Waals surface area contributed by atoms with E-state index in [0.29, 0.717) is 23.1 Å². The van der Waals surface area contributed by atoms with Crippen molar-refractivity contribution >= 4 is 17.6 Å². The molecule has 2 aliphatic heterocycles. The third-order valence-electron chi connectivity index (χ3n) is 6.17. The lowest BCUT2D eigenvalue weighted by molar-refractivity contribution is -0.263. The number of carboxylic acids is 1. The maximum Gasteiger partial charge on any atom is 0.337 e. The fourth-order valence-corrected chi connectivity index (χ4v) is 4.31. The molecular formula is C29H33ClO9. The third kappa shape index (κ3) is 7.82. The fraction of sp³-hybridized carbons (Fsp3) is 0.414. The highest BCUT2D eigenvalue weighted by molar-refractivity contribution is 6.30. The standard InChI is InChI=1S/C29H33ClO9/c1-5-23-25(17-34-28(38-23)18-6-8-19(30)9-7-18)37-26(27(31)32)24(15-14-22-16-35-29(2,3)39-22)36-21-12-10-20(33-4)11-13-21/h5-15,22-26,28H,1,16-17H2,2-4H3,(H,31,32)/b15-14+/t22-,23-,24+,25+,26+,28+/m0/s1. The van der Waals surface area contributed by atoms with Crippen molar-refractivity contribution in [3.05, 3.63) is 83.9 Å². The number of aliphatic carboxylic acids is 1. The molecule has 2 fully saturated rings. The molecule has 0 saturated carbocycles. The Morgan fingerprint density at radius 3 is 2.41 bits per heavy atom. The van der Waals surface area contributed by atoms with Gasteiger partial charge < -0.3 is 38.3 Å².